The third-order valence-electron chi connectivity index (χ3n) is 3.80. The van der Waals surface area contributed by atoms with E-state index in [2.05, 4.69) is 4.98 Å². The summed E-state index contributed by atoms with van der Waals surface area (Å²) < 4.78 is 0. The predicted octanol–water partition coefficient (Wildman–Crippen LogP) is 2.54. The summed E-state index contributed by atoms with van der Waals surface area (Å²) in [5.74, 6) is 0.362. The lowest BCUT2D eigenvalue weighted by Crippen LogP contribution is -2.47. The van der Waals surface area contributed by atoms with E-state index >= 15 is 0 Å². The van der Waals surface area contributed by atoms with Gasteiger partial charge in [0.25, 0.3) is 0 Å². The minimum atomic E-state index is -0.746. The number of hydrogen-bond acceptors (Lipinski definition) is 3. The van der Waals surface area contributed by atoms with Crippen molar-refractivity contribution in [2.45, 2.75) is 25.3 Å². The lowest BCUT2D eigenvalue weighted by atomic mass is 9.86. The summed E-state index contributed by atoms with van der Waals surface area (Å²) in [4.78, 5) is 16.9. The molecule has 2 aromatic rings. The van der Waals surface area contributed by atoms with E-state index in [1.165, 1.54) is 0 Å². The molecule has 1 aliphatic carbocycles. The molecular formula is C15H16N2O. The summed E-state index contributed by atoms with van der Waals surface area (Å²) in [6.45, 7) is 1.85. The van der Waals surface area contributed by atoms with Gasteiger partial charge in [-0.05, 0) is 37.8 Å². The monoisotopic (exact) mass is 240 g/mol. The standard InChI is InChI=1S/C15H16N2O/c1-15(16,10-7-8-10)14(18)12-4-2-6-13-11(12)5-3-9-17-13/h2-6,9-10H,7-8,16H2,1H3. The van der Waals surface area contributed by atoms with Crippen molar-refractivity contribution in [1.29, 1.82) is 0 Å². The Morgan fingerprint density at radius 3 is 2.83 bits per heavy atom. The zero-order valence-electron chi connectivity index (χ0n) is 10.4. The summed E-state index contributed by atoms with van der Waals surface area (Å²) in [5, 5.41) is 0.891. The lowest BCUT2D eigenvalue weighted by molar-refractivity contribution is 0.0885. The molecule has 0 aliphatic heterocycles. The highest BCUT2D eigenvalue weighted by Crippen LogP contribution is 2.40. The molecule has 3 rings (SSSR count). The molecular weight excluding hydrogens is 224 g/mol. The highest BCUT2D eigenvalue weighted by molar-refractivity contribution is 6.11. The zero-order chi connectivity index (χ0) is 12.8. The van der Waals surface area contributed by atoms with E-state index in [1.54, 1.807) is 6.20 Å². The van der Waals surface area contributed by atoms with E-state index in [0.717, 1.165) is 23.7 Å². The Kier molecular flexibility index (Phi) is 2.45. The predicted molar refractivity (Wildman–Crippen MR) is 71.4 cm³/mol. The summed E-state index contributed by atoms with van der Waals surface area (Å²) in [6, 6.07) is 9.41. The van der Waals surface area contributed by atoms with Gasteiger partial charge < -0.3 is 5.73 Å². The summed E-state index contributed by atoms with van der Waals surface area (Å²) >= 11 is 0. The Morgan fingerprint density at radius 2 is 2.11 bits per heavy atom. The van der Waals surface area contributed by atoms with Crippen LogP contribution in [-0.2, 0) is 0 Å². The van der Waals surface area contributed by atoms with E-state index < -0.39 is 5.54 Å². The average Bonchev–Trinajstić information content (AvgIpc) is 3.22. The maximum atomic E-state index is 12.6. The fraction of sp³-hybridized carbons (Fsp3) is 0.333. The van der Waals surface area contributed by atoms with Crippen molar-refractivity contribution in [2.75, 3.05) is 0 Å². The van der Waals surface area contributed by atoms with Gasteiger partial charge >= 0.3 is 0 Å². The smallest absolute Gasteiger partial charge is 0.183 e. The zero-order valence-corrected chi connectivity index (χ0v) is 10.4. The fourth-order valence-electron chi connectivity index (χ4n) is 2.46. The number of carbonyl (C=O) groups is 1. The van der Waals surface area contributed by atoms with Crippen LogP contribution in [0, 0.1) is 5.92 Å². The fourth-order valence-corrected chi connectivity index (χ4v) is 2.46. The number of Topliss-reactive ketones (excluding diaryl/α,β-unsaturated/α-hetero) is 1. The van der Waals surface area contributed by atoms with Gasteiger partial charge in [0.1, 0.15) is 0 Å². The second kappa shape index (κ2) is 3.89. The maximum absolute atomic E-state index is 12.6. The van der Waals surface area contributed by atoms with Gasteiger partial charge in [-0.15, -0.1) is 0 Å². The maximum Gasteiger partial charge on any atom is 0.183 e. The number of ketones is 1. The van der Waals surface area contributed by atoms with Crippen LogP contribution in [0.25, 0.3) is 10.9 Å². The van der Waals surface area contributed by atoms with Crippen molar-refractivity contribution < 1.29 is 4.79 Å². The quantitative estimate of drug-likeness (QED) is 0.839. The summed E-state index contributed by atoms with van der Waals surface area (Å²) in [6.07, 6.45) is 3.85. The first-order valence-electron chi connectivity index (χ1n) is 6.28. The number of benzene rings is 1. The van der Waals surface area contributed by atoms with Crippen molar-refractivity contribution in [3.63, 3.8) is 0 Å². The molecule has 1 aliphatic rings. The number of pyridine rings is 1. The van der Waals surface area contributed by atoms with Crippen LogP contribution in [0.1, 0.15) is 30.1 Å². The third kappa shape index (κ3) is 1.71. The molecule has 0 amide bonds. The first-order chi connectivity index (χ1) is 8.60. The van der Waals surface area contributed by atoms with Crippen LogP contribution in [0.4, 0.5) is 0 Å². The number of rotatable bonds is 3. The highest BCUT2D eigenvalue weighted by Gasteiger charge is 2.44. The van der Waals surface area contributed by atoms with E-state index in [0.29, 0.717) is 11.5 Å². The Balaban J connectivity index is 2.11. The molecule has 1 fully saturated rings. The molecule has 18 heavy (non-hydrogen) atoms. The molecule has 0 saturated heterocycles. The van der Waals surface area contributed by atoms with E-state index in [4.69, 9.17) is 5.73 Å². The SMILES string of the molecule is CC(N)(C(=O)c1cccc2ncccc12)C1CC1. The van der Waals surface area contributed by atoms with Gasteiger partial charge in [0.05, 0.1) is 11.1 Å². The lowest BCUT2D eigenvalue weighted by Gasteiger charge is -2.23. The van der Waals surface area contributed by atoms with Gasteiger partial charge in [-0.1, -0.05) is 18.2 Å². The molecule has 0 spiro atoms. The summed E-state index contributed by atoms with van der Waals surface area (Å²) in [7, 11) is 0. The second-order valence-corrected chi connectivity index (χ2v) is 5.26. The van der Waals surface area contributed by atoms with Crippen molar-refractivity contribution >= 4 is 16.7 Å². The Labute approximate surface area is 106 Å². The number of nitrogens with zero attached hydrogens (tertiary/aromatic N) is 1. The number of fused-ring (bicyclic) bond motifs is 1. The molecule has 3 nitrogen and oxygen atoms in total. The van der Waals surface area contributed by atoms with Crippen molar-refractivity contribution in [2.24, 2.45) is 11.7 Å². The van der Waals surface area contributed by atoms with Crippen LogP contribution in [-0.4, -0.2) is 16.3 Å². The number of hydrogen-bond donors (Lipinski definition) is 1. The second-order valence-electron chi connectivity index (χ2n) is 5.26. The Bertz CT molecular complexity index is 609. The average molecular weight is 240 g/mol. The number of carbonyl (C=O) groups excluding carboxylic acids is 1. The van der Waals surface area contributed by atoms with Gasteiger partial charge in [-0.2, -0.15) is 0 Å². The molecule has 2 N–H and O–H groups in total. The topological polar surface area (TPSA) is 56.0 Å². The van der Waals surface area contributed by atoms with Gasteiger partial charge in [0.15, 0.2) is 5.78 Å². The first-order valence-corrected chi connectivity index (χ1v) is 6.28. The molecule has 1 atom stereocenters. The minimum Gasteiger partial charge on any atom is -0.319 e. The largest absolute Gasteiger partial charge is 0.319 e. The van der Waals surface area contributed by atoms with Crippen molar-refractivity contribution in [3.05, 3.63) is 42.1 Å². The molecule has 0 radical (unpaired) electrons. The summed E-state index contributed by atoms with van der Waals surface area (Å²) in [5.41, 5.74) is 7.01. The number of nitrogens with two attached hydrogens (primary N) is 1. The molecule has 0 bridgehead atoms. The van der Waals surface area contributed by atoms with E-state index in [1.807, 2.05) is 37.3 Å². The Morgan fingerprint density at radius 1 is 1.33 bits per heavy atom. The van der Waals surface area contributed by atoms with Crippen LogP contribution < -0.4 is 5.73 Å². The molecule has 1 aromatic carbocycles. The molecule has 1 unspecified atom stereocenters. The molecule has 1 aromatic heterocycles. The highest BCUT2D eigenvalue weighted by atomic mass is 16.1. The third-order valence-corrected chi connectivity index (χ3v) is 3.80. The van der Waals surface area contributed by atoms with E-state index in [9.17, 15) is 4.79 Å². The van der Waals surface area contributed by atoms with Crippen molar-refractivity contribution in [3.8, 4) is 0 Å². The first kappa shape index (κ1) is 11.4. The van der Waals surface area contributed by atoms with Crippen LogP contribution in [0.2, 0.25) is 0 Å². The van der Waals surface area contributed by atoms with Crippen LogP contribution in [0.15, 0.2) is 36.5 Å². The van der Waals surface area contributed by atoms with Crippen molar-refractivity contribution in [1.82, 2.24) is 4.98 Å². The van der Waals surface area contributed by atoms with Gasteiger partial charge in [0.2, 0.25) is 0 Å². The van der Waals surface area contributed by atoms with Gasteiger partial charge in [-0.3, -0.25) is 9.78 Å². The van der Waals surface area contributed by atoms with Crippen LogP contribution in [0.5, 0.6) is 0 Å². The van der Waals surface area contributed by atoms with E-state index in [-0.39, 0.29) is 5.78 Å². The molecule has 92 valence electrons. The molecule has 3 heteroatoms. The minimum absolute atomic E-state index is 0.0311. The van der Waals surface area contributed by atoms with Crippen LogP contribution in [0.3, 0.4) is 0 Å². The van der Waals surface area contributed by atoms with Gasteiger partial charge in [0, 0.05) is 17.1 Å². The molecule has 1 heterocycles. The van der Waals surface area contributed by atoms with Crippen LogP contribution >= 0.6 is 0 Å². The van der Waals surface area contributed by atoms with Gasteiger partial charge in [-0.25, -0.2) is 0 Å². The molecule has 1 saturated carbocycles. The number of aromatic nitrogens is 1. The normalized spacial score (nSPS) is 18.6. The Hall–Kier alpha value is -1.74.